The van der Waals surface area contributed by atoms with E-state index in [2.05, 4.69) is 23.5 Å². The quantitative estimate of drug-likeness (QED) is 0.837. The molecule has 0 bridgehead atoms. The van der Waals surface area contributed by atoms with Gasteiger partial charge in [-0.1, -0.05) is 38.1 Å². The summed E-state index contributed by atoms with van der Waals surface area (Å²) in [5.41, 5.74) is 2.56. The van der Waals surface area contributed by atoms with E-state index in [9.17, 15) is 4.79 Å². The second-order valence-electron chi connectivity index (χ2n) is 5.46. The van der Waals surface area contributed by atoms with Crippen molar-refractivity contribution in [3.63, 3.8) is 0 Å². The number of nitrogens with one attached hydrogen (secondary N) is 1. The highest BCUT2D eigenvalue weighted by Crippen LogP contribution is 2.26. The first kappa shape index (κ1) is 15.0. The molecule has 20 heavy (non-hydrogen) atoms. The lowest BCUT2D eigenvalue weighted by atomic mass is 9.97. The average Bonchev–Trinajstić information content (AvgIpc) is 2.47. The first-order valence-electron chi connectivity index (χ1n) is 7.14. The molecular formula is C16H23NO3. The fourth-order valence-corrected chi connectivity index (χ4v) is 2.60. The molecular weight excluding hydrogens is 254 g/mol. The van der Waals surface area contributed by atoms with Gasteiger partial charge in [0.2, 0.25) is 0 Å². The molecule has 1 aliphatic heterocycles. The van der Waals surface area contributed by atoms with E-state index in [1.807, 2.05) is 19.9 Å². The van der Waals surface area contributed by atoms with Crippen molar-refractivity contribution >= 4 is 5.97 Å². The van der Waals surface area contributed by atoms with Gasteiger partial charge in [-0.25, -0.2) is 0 Å². The van der Waals surface area contributed by atoms with Crippen molar-refractivity contribution in [1.82, 2.24) is 5.32 Å². The minimum atomic E-state index is -0.294. The molecule has 1 aromatic rings. The van der Waals surface area contributed by atoms with E-state index in [4.69, 9.17) is 9.47 Å². The number of fused-ring (bicyclic) bond motifs is 1. The predicted molar refractivity (Wildman–Crippen MR) is 77.5 cm³/mol. The van der Waals surface area contributed by atoms with Crippen LogP contribution in [0.5, 0.6) is 0 Å². The highest BCUT2D eigenvalue weighted by atomic mass is 16.5. The summed E-state index contributed by atoms with van der Waals surface area (Å²) in [7, 11) is 1.42. The monoisotopic (exact) mass is 277 g/mol. The van der Waals surface area contributed by atoms with E-state index < -0.39 is 0 Å². The summed E-state index contributed by atoms with van der Waals surface area (Å²) in [6.07, 6.45) is 0.961. The minimum absolute atomic E-state index is 0.00542. The van der Waals surface area contributed by atoms with Crippen molar-refractivity contribution in [3.05, 3.63) is 35.4 Å². The Morgan fingerprint density at radius 3 is 2.90 bits per heavy atom. The predicted octanol–water partition coefficient (Wildman–Crippen LogP) is 2.09. The van der Waals surface area contributed by atoms with Crippen molar-refractivity contribution in [3.8, 4) is 0 Å². The summed E-state index contributed by atoms with van der Waals surface area (Å²) in [5.74, 6) is -0.0367. The topological polar surface area (TPSA) is 47.6 Å². The third-order valence-corrected chi connectivity index (χ3v) is 3.74. The number of ether oxygens (including phenoxy) is 2. The Morgan fingerprint density at radius 2 is 2.20 bits per heavy atom. The van der Waals surface area contributed by atoms with Gasteiger partial charge in [0.1, 0.15) is 6.04 Å². The lowest BCUT2D eigenvalue weighted by Gasteiger charge is -2.28. The summed E-state index contributed by atoms with van der Waals surface area (Å²) >= 11 is 0. The van der Waals surface area contributed by atoms with Gasteiger partial charge in [-0.2, -0.15) is 0 Å². The lowest BCUT2D eigenvalue weighted by molar-refractivity contribution is -0.144. The second kappa shape index (κ2) is 6.86. The van der Waals surface area contributed by atoms with Crippen LogP contribution in [0.1, 0.15) is 31.1 Å². The van der Waals surface area contributed by atoms with Gasteiger partial charge in [-0.15, -0.1) is 0 Å². The molecule has 0 aliphatic carbocycles. The highest BCUT2D eigenvalue weighted by Gasteiger charge is 2.26. The number of carbonyl (C=O) groups excluding carboxylic acids is 1. The Kier molecular flexibility index (Phi) is 5.15. The van der Waals surface area contributed by atoms with Crippen LogP contribution in [0.15, 0.2) is 24.3 Å². The van der Waals surface area contributed by atoms with Gasteiger partial charge in [0, 0.05) is 6.54 Å². The summed E-state index contributed by atoms with van der Waals surface area (Å²) in [6.45, 7) is 5.36. The molecule has 0 saturated carbocycles. The Hall–Kier alpha value is -1.39. The van der Waals surface area contributed by atoms with Gasteiger partial charge < -0.3 is 14.8 Å². The molecule has 0 saturated heterocycles. The summed E-state index contributed by atoms with van der Waals surface area (Å²) in [5, 5.41) is 3.28. The smallest absolute Gasteiger partial charge is 0.323 e. The van der Waals surface area contributed by atoms with Crippen LogP contribution in [0.4, 0.5) is 0 Å². The number of hydrogen-bond donors (Lipinski definition) is 1. The zero-order valence-corrected chi connectivity index (χ0v) is 12.4. The Bertz CT molecular complexity index is 459. The average molecular weight is 277 g/mol. The SMILES string of the molecule is COC(=O)C(NCC1OCCc2ccccc21)C(C)C. The molecule has 0 spiro atoms. The van der Waals surface area contributed by atoms with Gasteiger partial charge >= 0.3 is 5.97 Å². The van der Waals surface area contributed by atoms with Crippen molar-refractivity contribution in [2.75, 3.05) is 20.3 Å². The molecule has 0 aromatic heterocycles. The van der Waals surface area contributed by atoms with Crippen molar-refractivity contribution < 1.29 is 14.3 Å². The summed E-state index contributed by atoms with van der Waals surface area (Å²) < 4.78 is 10.7. The van der Waals surface area contributed by atoms with Crippen LogP contribution in [0, 0.1) is 5.92 Å². The molecule has 2 unspecified atom stereocenters. The Balaban J connectivity index is 2.02. The minimum Gasteiger partial charge on any atom is -0.468 e. The number of rotatable bonds is 5. The van der Waals surface area contributed by atoms with Crippen LogP contribution in [0.25, 0.3) is 0 Å². The first-order chi connectivity index (χ1) is 9.63. The van der Waals surface area contributed by atoms with E-state index in [-0.39, 0.29) is 24.0 Å². The zero-order valence-electron chi connectivity index (χ0n) is 12.4. The van der Waals surface area contributed by atoms with Gasteiger partial charge in [0.15, 0.2) is 0 Å². The van der Waals surface area contributed by atoms with Crippen LogP contribution in [0.3, 0.4) is 0 Å². The number of benzene rings is 1. The number of hydrogen-bond acceptors (Lipinski definition) is 4. The van der Waals surface area contributed by atoms with Gasteiger partial charge in [-0.3, -0.25) is 4.79 Å². The highest BCUT2D eigenvalue weighted by molar-refractivity contribution is 5.75. The van der Waals surface area contributed by atoms with Crippen molar-refractivity contribution in [2.24, 2.45) is 5.92 Å². The standard InChI is InChI=1S/C16H23NO3/c1-11(2)15(16(18)19-3)17-10-14-13-7-5-4-6-12(13)8-9-20-14/h4-7,11,14-15,17H,8-10H2,1-3H3. The number of esters is 1. The fraction of sp³-hybridized carbons (Fsp3) is 0.562. The summed E-state index contributed by atoms with van der Waals surface area (Å²) in [4.78, 5) is 11.7. The number of methoxy groups -OCH3 is 1. The fourth-order valence-electron chi connectivity index (χ4n) is 2.60. The third-order valence-electron chi connectivity index (χ3n) is 3.74. The molecule has 0 radical (unpaired) electrons. The van der Waals surface area contributed by atoms with E-state index in [0.717, 1.165) is 13.0 Å². The van der Waals surface area contributed by atoms with Gasteiger partial charge in [0.05, 0.1) is 19.8 Å². The van der Waals surface area contributed by atoms with E-state index in [1.165, 1.54) is 18.2 Å². The van der Waals surface area contributed by atoms with Crippen molar-refractivity contribution in [2.45, 2.75) is 32.4 Å². The first-order valence-corrected chi connectivity index (χ1v) is 7.14. The molecule has 4 heteroatoms. The van der Waals surface area contributed by atoms with Gasteiger partial charge in [0.25, 0.3) is 0 Å². The zero-order chi connectivity index (χ0) is 14.5. The lowest BCUT2D eigenvalue weighted by Crippen LogP contribution is -2.44. The maximum Gasteiger partial charge on any atom is 0.323 e. The van der Waals surface area contributed by atoms with Crippen LogP contribution in [-0.4, -0.2) is 32.3 Å². The maximum atomic E-state index is 11.7. The van der Waals surface area contributed by atoms with E-state index in [0.29, 0.717) is 6.54 Å². The van der Waals surface area contributed by atoms with Crippen molar-refractivity contribution in [1.29, 1.82) is 0 Å². The van der Waals surface area contributed by atoms with Gasteiger partial charge in [-0.05, 0) is 23.5 Å². The Labute approximate surface area is 120 Å². The maximum absolute atomic E-state index is 11.7. The molecule has 0 fully saturated rings. The summed E-state index contributed by atoms with van der Waals surface area (Å²) in [6, 6.07) is 8.03. The molecule has 0 amide bonds. The molecule has 1 N–H and O–H groups in total. The largest absolute Gasteiger partial charge is 0.468 e. The van der Waals surface area contributed by atoms with Crippen LogP contribution in [-0.2, 0) is 20.7 Å². The molecule has 2 rings (SSSR count). The molecule has 1 aliphatic rings. The molecule has 1 aromatic carbocycles. The molecule has 4 nitrogen and oxygen atoms in total. The van der Waals surface area contributed by atoms with Crippen LogP contribution < -0.4 is 5.32 Å². The van der Waals surface area contributed by atoms with E-state index in [1.54, 1.807) is 0 Å². The molecule has 110 valence electrons. The van der Waals surface area contributed by atoms with E-state index >= 15 is 0 Å². The van der Waals surface area contributed by atoms with Crippen LogP contribution in [0.2, 0.25) is 0 Å². The number of carbonyl (C=O) groups is 1. The second-order valence-corrected chi connectivity index (χ2v) is 5.46. The molecule has 1 heterocycles. The normalized spacial score (nSPS) is 19.5. The Morgan fingerprint density at radius 1 is 1.45 bits per heavy atom. The molecule has 2 atom stereocenters. The third kappa shape index (κ3) is 3.38. The van der Waals surface area contributed by atoms with Crippen LogP contribution >= 0.6 is 0 Å².